The van der Waals surface area contributed by atoms with E-state index in [1.54, 1.807) is 67.6 Å². The quantitative estimate of drug-likeness (QED) is 0.551. The Balaban J connectivity index is 1.57. The number of carbonyl (C=O) groups excluding carboxylic acids is 1. The SMILES string of the molecule is Cc1ccc(S(=O)(=O)N(C)c2ccc(OCC(=O)NC(C)c3ccc(F)cc3)cc2)cc1. The fourth-order valence-electron chi connectivity index (χ4n) is 3.03. The molecule has 0 aliphatic heterocycles. The van der Waals surface area contributed by atoms with E-state index in [-0.39, 0.29) is 29.3 Å². The Kier molecular flexibility index (Phi) is 7.15. The van der Waals surface area contributed by atoms with Crippen LogP contribution in [0.3, 0.4) is 0 Å². The number of hydrogen-bond donors (Lipinski definition) is 1. The number of nitrogens with one attached hydrogen (secondary N) is 1. The second-order valence-electron chi connectivity index (χ2n) is 7.41. The molecule has 1 unspecified atom stereocenters. The zero-order valence-corrected chi connectivity index (χ0v) is 18.9. The molecule has 1 amide bonds. The lowest BCUT2D eigenvalue weighted by atomic mass is 10.1. The molecular weight excluding hydrogens is 431 g/mol. The Morgan fingerprint density at radius 3 is 2.19 bits per heavy atom. The number of amides is 1. The number of halogens is 1. The first-order chi connectivity index (χ1) is 15.2. The molecule has 0 saturated heterocycles. The maximum Gasteiger partial charge on any atom is 0.264 e. The van der Waals surface area contributed by atoms with Gasteiger partial charge in [0, 0.05) is 7.05 Å². The Labute approximate surface area is 187 Å². The van der Waals surface area contributed by atoms with Crippen LogP contribution in [0, 0.1) is 12.7 Å². The summed E-state index contributed by atoms with van der Waals surface area (Å²) >= 11 is 0. The Morgan fingerprint density at radius 1 is 1.00 bits per heavy atom. The second kappa shape index (κ2) is 9.82. The van der Waals surface area contributed by atoms with Crippen molar-refractivity contribution in [2.24, 2.45) is 0 Å². The van der Waals surface area contributed by atoms with E-state index in [9.17, 15) is 17.6 Å². The van der Waals surface area contributed by atoms with Crippen molar-refractivity contribution in [1.82, 2.24) is 5.32 Å². The third-order valence-corrected chi connectivity index (χ3v) is 6.80. The third kappa shape index (κ3) is 5.64. The van der Waals surface area contributed by atoms with Gasteiger partial charge in [-0.2, -0.15) is 0 Å². The number of hydrogen-bond acceptors (Lipinski definition) is 4. The molecule has 0 heterocycles. The number of ether oxygens (including phenoxy) is 1. The van der Waals surface area contributed by atoms with Crippen LogP contribution in [0.15, 0.2) is 77.7 Å². The van der Waals surface area contributed by atoms with Crippen molar-refractivity contribution < 1.29 is 22.3 Å². The number of aryl methyl sites for hydroxylation is 1. The molecule has 0 saturated carbocycles. The van der Waals surface area contributed by atoms with Crippen LogP contribution in [0.1, 0.15) is 24.1 Å². The minimum atomic E-state index is -3.69. The topological polar surface area (TPSA) is 75.7 Å². The highest BCUT2D eigenvalue weighted by molar-refractivity contribution is 7.92. The molecule has 3 aromatic rings. The average Bonchev–Trinajstić information content (AvgIpc) is 2.78. The lowest BCUT2D eigenvalue weighted by Gasteiger charge is -2.20. The summed E-state index contributed by atoms with van der Waals surface area (Å²) in [5.74, 6) is -0.235. The van der Waals surface area contributed by atoms with Crippen LogP contribution in [0.2, 0.25) is 0 Å². The molecule has 0 aliphatic rings. The van der Waals surface area contributed by atoms with Gasteiger partial charge < -0.3 is 10.1 Å². The van der Waals surface area contributed by atoms with Crippen molar-refractivity contribution in [2.75, 3.05) is 18.0 Å². The minimum absolute atomic E-state index is 0.206. The molecule has 0 radical (unpaired) electrons. The number of carbonyl (C=O) groups is 1. The molecule has 8 heteroatoms. The molecule has 3 rings (SSSR count). The average molecular weight is 457 g/mol. The van der Waals surface area contributed by atoms with Gasteiger partial charge in [-0.15, -0.1) is 0 Å². The number of nitrogens with zero attached hydrogens (tertiary/aromatic N) is 1. The molecular formula is C24H25FN2O4S. The summed E-state index contributed by atoms with van der Waals surface area (Å²) in [6.45, 7) is 3.48. The lowest BCUT2D eigenvalue weighted by molar-refractivity contribution is -0.123. The van der Waals surface area contributed by atoms with Gasteiger partial charge in [-0.3, -0.25) is 9.10 Å². The van der Waals surface area contributed by atoms with Gasteiger partial charge in [0.05, 0.1) is 16.6 Å². The standard InChI is InChI=1S/C24H25FN2O4S/c1-17-4-14-23(15-5-17)32(29,30)27(3)21-10-12-22(13-11-21)31-16-24(28)26-18(2)19-6-8-20(25)9-7-19/h4-15,18H,16H2,1-3H3,(H,26,28). The van der Waals surface area contributed by atoms with Gasteiger partial charge in [0.1, 0.15) is 11.6 Å². The zero-order valence-electron chi connectivity index (χ0n) is 18.1. The molecule has 168 valence electrons. The summed E-state index contributed by atoms with van der Waals surface area (Å²) in [6.07, 6.45) is 0. The first-order valence-corrected chi connectivity index (χ1v) is 11.4. The van der Waals surface area contributed by atoms with Crippen LogP contribution in [0.25, 0.3) is 0 Å². The van der Waals surface area contributed by atoms with Crippen molar-refractivity contribution in [2.45, 2.75) is 24.8 Å². The van der Waals surface area contributed by atoms with Gasteiger partial charge in [0.2, 0.25) is 0 Å². The summed E-state index contributed by atoms with van der Waals surface area (Å²) in [5.41, 5.74) is 2.22. The molecule has 0 spiro atoms. The zero-order chi connectivity index (χ0) is 23.3. The van der Waals surface area contributed by atoms with E-state index in [1.807, 2.05) is 6.92 Å². The minimum Gasteiger partial charge on any atom is -0.484 e. The van der Waals surface area contributed by atoms with Crippen LogP contribution < -0.4 is 14.4 Å². The van der Waals surface area contributed by atoms with Crippen molar-refractivity contribution in [3.05, 3.63) is 89.7 Å². The highest BCUT2D eigenvalue weighted by atomic mass is 32.2. The monoisotopic (exact) mass is 456 g/mol. The van der Waals surface area contributed by atoms with Gasteiger partial charge >= 0.3 is 0 Å². The molecule has 0 bridgehead atoms. The van der Waals surface area contributed by atoms with Crippen molar-refractivity contribution in [1.29, 1.82) is 0 Å². The van der Waals surface area contributed by atoms with Gasteiger partial charge in [-0.1, -0.05) is 29.8 Å². The van der Waals surface area contributed by atoms with Gasteiger partial charge in [-0.25, -0.2) is 12.8 Å². The predicted octanol–water partition coefficient (Wildman–Crippen LogP) is 4.22. The summed E-state index contributed by atoms with van der Waals surface area (Å²) in [7, 11) is -2.20. The number of anilines is 1. The first kappa shape index (κ1) is 23.3. The van der Waals surface area contributed by atoms with E-state index in [1.165, 1.54) is 23.5 Å². The second-order valence-corrected chi connectivity index (χ2v) is 9.38. The van der Waals surface area contributed by atoms with Gasteiger partial charge in [0.15, 0.2) is 6.61 Å². The van der Waals surface area contributed by atoms with E-state index in [4.69, 9.17) is 4.74 Å². The summed E-state index contributed by atoms with van der Waals surface area (Å²) < 4.78 is 45.3. The summed E-state index contributed by atoms with van der Waals surface area (Å²) in [5, 5.41) is 2.78. The molecule has 0 fully saturated rings. The van der Waals surface area contributed by atoms with E-state index in [0.717, 1.165) is 11.1 Å². The van der Waals surface area contributed by atoms with E-state index < -0.39 is 10.0 Å². The van der Waals surface area contributed by atoms with Crippen LogP contribution in [-0.2, 0) is 14.8 Å². The Bertz CT molecular complexity index is 1160. The van der Waals surface area contributed by atoms with Gasteiger partial charge in [0.25, 0.3) is 15.9 Å². The molecule has 6 nitrogen and oxygen atoms in total. The molecule has 0 aliphatic carbocycles. The first-order valence-electron chi connectivity index (χ1n) is 10.00. The number of benzene rings is 3. The van der Waals surface area contributed by atoms with E-state index in [0.29, 0.717) is 11.4 Å². The Hall–Kier alpha value is -3.39. The largest absolute Gasteiger partial charge is 0.484 e. The summed E-state index contributed by atoms with van der Waals surface area (Å²) in [6, 6.07) is 18.7. The van der Waals surface area contributed by atoms with Crippen LogP contribution in [0.4, 0.5) is 10.1 Å². The maximum atomic E-state index is 13.0. The molecule has 3 aromatic carbocycles. The van der Waals surface area contributed by atoms with Crippen LogP contribution in [-0.4, -0.2) is 28.0 Å². The predicted molar refractivity (Wildman–Crippen MR) is 122 cm³/mol. The Morgan fingerprint density at radius 2 is 1.59 bits per heavy atom. The summed E-state index contributed by atoms with van der Waals surface area (Å²) in [4.78, 5) is 12.4. The number of sulfonamides is 1. The molecule has 32 heavy (non-hydrogen) atoms. The smallest absolute Gasteiger partial charge is 0.264 e. The van der Waals surface area contributed by atoms with E-state index in [2.05, 4.69) is 5.32 Å². The fraction of sp³-hybridized carbons (Fsp3) is 0.208. The van der Waals surface area contributed by atoms with Gasteiger partial charge in [-0.05, 0) is 67.9 Å². The lowest BCUT2D eigenvalue weighted by Crippen LogP contribution is -2.31. The highest BCUT2D eigenvalue weighted by Gasteiger charge is 2.21. The highest BCUT2D eigenvalue weighted by Crippen LogP contribution is 2.24. The van der Waals surface area contributed by atoms with Crippen molar-refractivity contribution in [3.8, 4) is 5.75 Å². The van der Waals surface area contributed by atoms with E-state index >= 15 is 0 Å². The van der Waals surface area contributed by atoms with Crippen LogP contribution >= 0.6 is 0 Å². The molecule has 1 atom stereocenters. The van der Waals surface area contributed by atoms with Crippen molar-refractivity contribution in [3.63, 3.8) is 0 Å². The number of rotatable bonds is 8. The molecule has 1 N–H and O–H groups in total. The fourth-order valence-corrected chi connectivity index (χ4v) is 4.22. The van der Waals surface area contributed by atoms with Crippen molar-refractivity contribution >= 4 is 21.6 Å². The normalized spacial score (nSPS) is 12.1. The van der Waals surface area contributed by atoms with Crippen LogP contribution in [0.5, 0.6) is 5.75 Å². The molecule has 0 aromatic heterocycles. The third-order valence-electron chi connectivity index (χ3n) is 5.00. The maximum absolute atomic E-state index is 13.0.